The van der Waals surface area contributed by atoms with Crippen LogP contribution in [0.15, 0.2) is 18.2 Å². The molecule has 2 rings (SSSR count). The zero-order chi connectivity index (χ0) is 15.5. The van der Waals surface area contributed by atoms with Gasteiger partial charge in [0.25, 0.3) is 5.69 Å². The van der Waals surface area contributed by atoms with E-state index in [9.17, 15) is 14.9 Å². The fraction of sp³-hybridized carbons (Fsp3) is 0.533. The van der Waals surface area contributed by atoms with Crippen LogP contribution in [0.3, 0.4) is 0 Å². The SMILES string of the molecule is CCC1(C(=O)Nc2cc([N+](=O)[O-])ccc2C)CCCNC1. The molecule has 1 aliphatic heterocycles. The van der Waals surface area contributed by atoms with E-state index < -0.39 is 10.3 Å². The molecule has 0 aromatic heterocycles. The van der Waals surface area contributed by atoms with E-state index in [0.29, 0.717) is 12.2 Å². The molecule has 1 aromatic rings. The van der Waals surface area contributed by atoms with E-state index in [1.807, 2.05) is 13.8 Å². The molecule has 6 nitrogen and oxygen atoms in total. The number of carbonyl (C=O) groups excluding carboxylic acids is 1. The molecule has 1 fully saturated rings. The van der Waals surface area contributed by atoms with Crippen molar-refractivity contribution in [3.63, 3.8) is 0 Å². The maximum atomic E-state index is 12.6. The van der Waals surface area contributed by atoms with Crippen LogP contribution in [0.1, 0.15) is 31.7 Å². The van der Waals surface area contributed by atoms with Crippen molar-refractivity contribution in [1.29, 1.82) is 0 Å². The van der Waals surface area contributed by atoms with Crippen molar-refractivity contribution in [2.24, 2.45) is 5.41 Å². The van der Waals surface area contributed by atoms with Crippen molar-refractivity contribution in [1.82, 2.24) is 5.32 Å². The van der Waals surface area contributed by atoms with Crippen LogP contribution in [0.25, 0.3) is 0 Å². The van der Waals surface area contributed by atoms with Crippen LogP contribution in [0.4, 0.5) is 11.4 Å². The normalized spacial score (nSPS) is 21.8. The molecule has 0 bridgehead atoms. The van der Waals surface area contributed by atoms with Gasteiger partial charge in [0.1, 0.15) is 0 Å². The van der Waals surface area contributed by atoms with Crippen LogP contribution in [0.5, 0.6) is 0 Å². The molecule has 1 aliphatic rings. The summed E-state index contributed by atoms with van der Waals surface area (Å²) in [6.07, 6.45) is 2.56. The number of hydrogen-bond donors (Lipinski definition) is 2. The Morgan fingerprint density at radius 1 is 1.52 bits per heavy atom. The van der Waals surface area contributed by atoms with Gasteiger partial charge in [0, 0.05) is 18.7 Å². The van der Waals surface area contributed by atoms with Crippen molar-refractivity contribution in [3.8, 4) is 0 Å². The summed E-state index contributed by atoms with van der Waals surface area (Å²) in [5.41, 5.74) is 0.912. The summed E-state index contributed by atoms with van der Waals surface area (Å²) in [4.78, 5) is 23.0. The Labute approximate surface area is 124 Å². The highest BCUT2D eigenvalue weighted by Gasteiger charge is 2.38. The summed E-state index contributed by atoms with van der Waals surface area (Å²) < 4.78 is 0. The van der Waals surface area contributed by atoms with Crippen LogP contribution in [-0.2, 0) is 4.79 Å². The molecular formula is C15H21N3O3. The van der Waals surface area contributed by atoms with Gasteiger partial charge in [0.05, 0.1) is 16.0 Å². The molecule has 2 N–H and O–H groups in total. The summed E-state index contributed by atoms with van der Waals surface area (Å²) in [7, 11) is 0. The predicted molar refractivity (Wildman–Crippen MR) is 81.3 cm³/mol. The van der Waals surface area contributed by atoms with E-state index in [1.54, 1.807) is 6.07 Å². The van der Waals surface area contributed by atoms with Gasteiger partial charge < -0.3 is 10.6 Å². The Bertz CT molecular complexity index is 551. The van der Waals surface area contributed by atoms with Gasteiger partial charge in [0.2, 0.25) is 5.91 Å². The van der Waals surface area contributed by atoms with Crippen LogP contribution in [-0.4, -0.2) is 23.9 Å². The van der Waals surface area contributed by atoms with Crippen molar-refractivity contribution in [3.05, 3.63) is 33.9 Å². The monoisotopic (exact) mass is 291 g/mol. The first-order valence-corrected chi connectivity index (χ1v) is 7.26. The van der Waals surface area contributed by atoms with E-state index in [2.05, 4.69) is 10.6 Å². The second-order valence-electron chi connectivity index (χ2n) is 5.62. The standard InChI is InChI=1S/C15H21N3O3/c1-3-15(7-4-8-16-10-15)14(19)17-13-9-12(18(20)21)6-5-11(13)2/h5-6,9,16H,3-4,7-8,10H2,1-2H3,(H,17,19). The lowest BCUT2D eigenvalue weighted by Gasteiger charge is -2.35. The molecular weight excluding hydrogens is 270 g/mol. The first-order chi connectivity index (χ1) is 9.98. The van der Waals surface area contributed by atoms with Gasteiger partial charge >= 0.3 is 0 Å². The predicted octanol–water partition coefficient (Wildman–Crippen LogP) is 2.62. The number of nitrogens with one attached hydrogen (secondary N) is 2. The minimum Gasteiger partial charge on any atom is -0.325 e. The van der Waals surface area contributed by atoms with Crippen molar-refractivity contribution in [2.45, 2.75) is 33.1 Å². The van der Waals surface area contributed by atoms with Gasteiger partial charge in [-0.3, -0.25) is 14.9 Å². The number of piperidine rings is 1. The first kappa shape index (κ1) is 15.4. The molecule has 21 heavy (non-hydrogen) atoms. The van der Waals surface area contributed by atoms with Gasteiger partial charge in [-0.05, 0) is 38.3 Å². The maximum Gasteiger partial charge on any atom is 0.271 e. The highest BCUT2D eigenvalue weighted by molar-refractivity contribution is 5.96. The lowest BCUT2D eigenvalue weighted by Crippen LogP contribution is -2.47. The minimum absolute atomic E-state index is 0.0109. The van der Waals surface area contributed by atoms with Gasteiger partial charge in [-0.15, -0.1) is 0 Å². The van der Waals surface area contributed by atoms with E-state index in [0.717, 1.165) is 31.4 Å². The van der Waals surface area contributed by atoms with Crippen LogP contribution in [0.2, 0.25) is 0 Å². The molecule has 6 heteroatoms. The number of nitro groups is 1. The molecule has 1 saturated heterocycles. The Balaban J connectivity index is 2.22. The van der Waals surface area contributed by atoms with E-state index in [4.69, 9.17) is 0 Å². The van der Waals surface area contributed by atoms with Crippen molar-refractivity contribution < 1.29 is 9.72 Å². The lowest BCUT2D eigenvalue weighted by molar-refractivity contribution is -0.384. The van der Waals surface area contributed by atoms with Crippen LogP contribution < -0.4 is 10.6 Å². The lowest BCUT2D eigenvalue weighted by atomic mass is 9.77. The third-order valence-corrected chi connectivity index (χ3v) is 4.31. The molecule has 1 amide bonds. The van der Waals surface area contributed by atoms with Gasteiger partial charge in [0.15, 0.2) is 0 Å². The average Bonchev–Trinajstić information content (AvgIpc) is 2.49. The number of nitro benzene ring substituents is 1. The Morgan fingerprint density at radius 2 is 2.29 bits per heavy atom. The maximum absolute atomic E-state index is 12.6. The molecule has 1 heterocycles. The second-order valence-corrected chi connectivity index (χ2v) is 5.62. The van der Waals surface area contributed by atoms with Gasteiger partial charge in [-0.2, -0.15) is 0 Å². The molecule has 0 saturated carbocycles. The summed E-state index contributed by atoms with van der Waals surface area (Å²) in [6.45, 7) is 5.43. The number of carbonyl (C=O) groups is 1. The van der Waals surface area contributed by atoms with E-state index >= 15 is 0 Å². The Morgan fingerprint density at radius 3 is 2.86 bits per heavy atom. The number of nitrogens with zero attached hydrogens (tertiary/aromatic N) is 1. The molecule has 0 radical (unpaired) electrons. The summed E-state index contributed by atoms with van der Waals surface area (Å²) in [6, 6.07) is 4.53. The highest BCUT2D eigenvalue weighted by atomic mass is 16.6. The third kappa shape index (κ3) is 3.21. The first-order valence-electron chi connectivity index (χ1n) is 7.26. The molecule has 1 aromatic carbocycles. The Hall–Kier alpha value is -1.95. The average molecular weight is 291 g/mol. The van der Waals surface area contributed by atoms with E-state index in [-0.39, 0.29) is 11.6 Å². The molecule has 114 valence electrons. The molecule has 0 spiro atoms. The number of benzene rings is 1. The van der Waals surface area contributed by atoms with Crippen LogP contribution >= 0.6 is 0 Å². The fourth-order valence-electron chi connectivity index (χ4n) is 2.74. The number of rotatable bonds is 4. The van der Waals surface area contributed by atoms with E-state index in [1.165, 1.54) is 12.1 Å². The number of amides is 1. The minimum atomic E-state index is -0.452. The summed E-state index contributed by atoms with van der Waals surface area (Å²) in [5.74, 6) is -0.0548. The third-order valence-electron chi connectivity index (χ3n) is 4.31. The quantitative estimate of drug-likeness (QED) is 0.659. The fourth-order valence-corrected chi connectivity index (χ4v) is 2.74. The summed E-state index contributed by atoms with van der Waals surface area (Å²) in [5, 5.41) is 17.0. The van der Waals surface area contributed by atoms with Gasteiger partial charge in [-0.25, -0.2) is 0 Å². The largest absolute Gasteiger partial charge is 0.325 e. The number of hydrogen-bond acceptors (Lipinski definition) is 4. The Kier molecular flexibility index (Phi) is 4.57. The number of anilines is 1. The second kappa shape index (κ2) is 6.22. The summed E-state index contributed by atoms with van der Waals surface area (Å²) >= 11 is 0. The van der Waals surface area contributed by atoms with Gasteiger partial charge in [-0.1, -0.05) is 13.0 Å². The van der Waals surface area contributed by atoms with Crippen LogP contribution in [0, 0.1) is 22.5 Å². The van der Waals surface area contributed by atoms with Crippen molar-refractivity contribution in [2.75, 3.05) is 18.4 Å². The molecule has 1 atom stereocenters. The number of aryl methyl sites for hydroxylation is 1. The van der Waals surface area contributed by atoms with Crippen molar-refractivity contribution >= 4 is 17.3 Å². The number of non-ortho nitro benzene ring substituents is 1. The topological polar surface area (TPSA) is 84.3 Å². The molecule has 1 unspecified atom stereocenters. The smallest absolute Gasteiger partial charge is 0.271 e. The molecule has 0 aliphatic carbocycles. The zero-order valence-corrected chi connectivity index (χ0v) is 12.4. The highest BCUT2D eigenvalue weighted by Crippen LogP contribution is 2.32. The zero-order valence-electron chi connectivity index (χ0n) is 12.4.